The van der Waals surface area contributed by atoms with Crippen LogP contribution in [0, 0.1) is 35.0 Å². The Hall–Kier alpha value is -0.590. The normalized spacial score (nSPS) is 48.9. The van der Waals surface area contributed by atoms with Crippen molar-refractivity contribution in [2.24, 2.45) is 35.0 Å². The zero-order valence-electron chi connectivity index (χ0n) is 13.7. The van der Waals surface area contributed by atoms with E-state index in [1.54, 1.807) is 0 Å². The fraction of sp³-hybridized carbons (Fsp3) is 0.850. The lowest BCUT2D eigenvalue weighted by Gasteiger charge is -2.54. The highest BCUT2D eigenvalue weighted by Crippen LogP contribution is 2.63. The van der Waals surface area contributed by atoms with Crippen molar-refractivity contribution in [3.63, 3.8) is 0 Å². The number of ketones is 1. The van der Waals surface area contributed by atoms with E-state index in [0.29, 0.717) is 17.1 Å². The number of fused-ring (bicyclic) bond motifs is 5. The first-order valence-electron chi connectivity index (χ1n) is 9.30. The molecule has 0 aromatic rings. The van der Waals surface area contributed by atoms with Crippen molar-refractivity contribution in [1.29, 1.82) is 0 Å². The zero-order chi connectivity index (χ0) is 14.6. The number of carbonyl (C=O) groups excluding carboxylic acids is 1. The lowest BCUT2D eigenvalue weighted by atomic mass is 9.51. The molecule has 1 nitrogen and oxygen atoms in total. The Morgan fingerprint density at radius 2 is 2.00 bits per heavy atom. The summed E-state index contributed by atoms with van der Waals surface area (Å²) in [6.07, 6.45) is 14.8. The van der Waals surface area contributed by atoms with Crippen LogP contribution in [-0.4, -0.2) is 5.78 Å². The third-order valence-corrected chi connectivity index (χ3v) is 7.87. The van der Waals surface area contributed by atoms with Crippen LogP contribution < -0.4 is 0 Å². The maximum Gasteiger partial charge on any atom is 0.133 e. The molecule has 0 amide bonds. The van der Waals surface area contributed by atoms with Crippen molar-refractivity contribution in [2.75, 3.05) is 0 Å². The van der Waals surface area contributed by atoms with Crippen LogP contribution in [0.15, 0.2) is 11.6 Å². The molecule has 116 valence electrons. The van der Waals surface area contributed by atoms with Crippen molar-refractivity contribution < 1.29 is 4.79 Å². The molecule has 0 aromatic heterocycles. The zero-order valence-corrected chi connectivity index (χ0v) is 13.7. The molecule has 4 rings (SSSR count). The lowest BCUT2D eigenvalue weighted by molar-refractivity contribution is -0.126. The predicted molar refractivity (Wildman–Crippen MR) is 85.9 cm³/mol. The van der Waals surface area contributed by atoms with Gasteiger partial charge in [-0.1, -0.05) is 18.6 Å². The molecule has 4 aliphatic carbocycles. The lowest BCUT2D eigenvalue weighted by Crippen LogP contribution is -2.47. The third-order valence-electron chi connectivity index (χ3n) is 7.87. The summed E-state index contributed by atoms with van der Waals surface area (Å²) < 4.78 is 0. The monoisotopic (exact) mass is 286 g/mol. The molecule has 3 saturated carbocycles. The van der Waals surface area contributed by atoms with Crippen LogP contribution >= 0.6 is 0 Å². The third kappa shape index (κ3) is 1.99. The molecule has 0 spiro atoms. The molecule has 0 bridgehead atoms. The second-order valence-corrected chi connectivity index (χ2v) is 8.57. The minimum atomic E-state index is 0.336. The van der Waals surface area contributed by atoms with Crippen molar-refractivity contribution in [2.45, 2.75) is 71.6 Å². The van der Waals surface area contributed by atoms with Crippen molar-refractivity contribution in [1.82, 2.24) is 0 Å². The molecule has 0 aliphatic heterocycles. The summed E-state index contributed by atoms with van der Waals surface area (Å²) >= 11 is 0. The number of allylic oxidation sites excluding steroid dienone is 2. The Kier molecular flexibility index (Phi) is 3.32. The van der Waals surface area contributed by atoms with Gasteiger partial charge in [-0.3, -0.25) is 4.79 Å². The summed E-state index contributed by atoms with van der Waals surface area (Å²) in [7, 11) is 0. The van der Waals surface area contributed by atoms with E-state index in [4.69, 9.17) is 0 Å². The van der Waals surface area contributed by atoms with Gasteiger partial charge in [-0.2, -0.15) is 0 Å². The number of hydrogen-bond acceptors (Lipinski definition) is 1. The Labute approximate surface area is 129 Å². The molecular weight excluding hydrogens is 256 g/mol. The average molecular weight is 286 g/mol. The smallest absolute Gasteiger partial charge is 0.133 e. The van der Waals surface area contributed by atoms with Gasteiger partial charge in [0.25, 0.3) is 0 Å². The minimum Gasteiger partial charge on any atom is -0.300 e. The van der Waals surface area contributed by atoms with Crippen LogP contribution in [0.3, 0.4) is 0 Å². The van der Waals surface area contributed by atoms with E-state index < -0.39 is 0 Å². The molecular formula is C20H30O. The second kappa shape index (κ2) is 4.96. The molecule has 0 unspecified atom stereocenters. The second-order valence-electron chi connectivity index (χ2n) is 8.57. The predicted octanol–water partition coefficient (Wildman–Crippen LogP) is 5.15. The van der Waals surface area contributed by atoms with Gasteiger partial charge in [0, 0.05) is 5.92 Å². The van der Waals surface area contributed by atoms with Crippen LogP contribution in [0.1, 0.15) is 71.6 Å². The standard InChI is InChI=1S/C20H30O/c1-13(21)18-9-10-19-17-8-7-14-5-3-4-6-15(14)16(17)11-12-20(18,19)2/h5,15-19H,3-4,6-12H2,1-2H3/t15-,16+,17+,18+,19-,20+/m0/s1. The van der Waals surface area contributed by atoms with Crippen molar-refractivity contribution >= 4 is 5.78 Å². The fourth-order valence-corrected chi connectivity index (χ4v) is 6.97. The first-order chi connectivity index (χ1) is 10.1. The van der Waals surface area contributed by atoms with Crippen LogP contribution in [-0.2, 0) is 4.79 Å². The molecule has 4 aliphatic rings. The highest BCUT2D eigenvalue weighted by atomic mass is 16.1. The van der Waals surface area contributed by atoms with Crippen LogP contribution in [0.25, 0.3) is 0 Å². The van der Waals surface area contributed by atoms with E-state index in [1.807, 2.05) is 12.5 Å². The summed E-state index contributed by atoms with van der Waals surface area (Å²) in [5.74, 6) is 4.47. The molecule has 6 atom stereocenters. The van der Waals surface area contributed by atoms with E-state index in [2.05, 4.69) is 13.0 Å². The van der Waals surface area contributed by atoms with Crippen LogP contribution in [0.4, 0.5) is 0 Å². The van der Waals surface area contributed by atoms with Gasteiger partial charge in [-0.15, -0.1) is 0 Å². The number of carbonyl (C=O) groups is 1. The Bertz CT molecular complexity index is 476. The van der Waals surface area contributed by atoms with Gasteiger partial charge in [0.1, 0.15) is 5.78 Å². The van der Waals surface area contributed by atoms with E-state index >= 15 is 0 Å². The van der Waals surface area contributed by atoms with E-state index in [-0.39, 0.29) is 0 Å². The Morgan fingerprint density at radius 3 is 2.81 bits per heavy atom. The fourth-order valence-electron chi connectivity index (χ4n) is 6.97. The van der Waals surface area contributed by atoms with Gasteiger partial charge in [0.15, 0.2) is 0 Å². The number of hydrogen-bond donors (Lipinski definition) is 0. The molecule has 0 N–H and O–H groups in total. The van der Waals surface area contributed by atoms with Crippen molar-refractivity contribution in [3.05, 3.63) is 11.6 Å². The van der Waals surface area contributed by atoms with Gasteiger partial charge in [-0.25, -0.2) is 0 Å². The summed E-state index contributed by atoms with van der Waals surface area (Å²) in [5.41, 5.74) is 2.15. The molecule has 0 saturated heterocycles. The highest BCUT2D eigenvalue weighted by Gasteiger charge is 2.56. The quantitative estimate of drug-likeness (QED) is 0.609. The molecule has 0 aromatic carbocycles. The van der Waals surface area contributed by atoms with Crippen molar-refractivity contribution in [3.8, 4) is 0 Å². The highest BCUT2D eigenvalue weighted by molar-refractivity contribution is 5.79. The van der Waals surface area contributed by atoms with Crippen LogP contribution in [0.2, 0.25) is 0 Å². The van der Waals surface area contributed by atoms with Gasteiger partial charge in [0.2, 0.25) is 0 Å². The molecule has 21 heavy (non-hydrogen) atoms. The Balaban J connectivity index is 1.62. The Morgan fingerprint density at radius 1 is 1.14 bits per heavy atom. The average Bonchev–Trinajstić information content (AvgIpc) is 2.84. The van der Waals surface area contributed by atoms with Gasteiger partial charge in [-0.05, 0) is 93.8 Å². The molecule has 0 heterocycles. The summed E-state index contributed by atoms with van der Waals surface area (Å²) in [6.45, 7) is 4.30. The largest absolute Gasteiger partial charge is 0.300 e. The van der Waals surface area contributed by atoms with Crippen LogP contribution in [0.5, 0.6) is 0 Å². The number of Topliss-reactive ketones (excluding diaryl/α,β-unsaturated/α-hetero) is 1. The maximum absolute atomic E-state index is 12.1. The summed E-state index contributed by atoms with van der Waals surface area (Å²) in [6, 6.07) is 0. The maximum atomic E-state index is 12.1. The first kappa shape index (κ1) is 14.0. The molecule has 3 fully saturated rings. The van der Waals surface area contributed by atoms with Gasteiger partial charge < -0.3 is 0 Å². The molecule has 1 heteroatoms. The molecule has 0 radical (unpaired) electrons. The minimum absolute atomic E-state index is 0.336. The SMILES string of the molecule is CC(=O)[C@H]1CC[C@H]2[C@@H]3CCC4=CCCC[C@@H]4[C@H]3CC[C@]12C. The van der Waals surface area contributed by atoms with E-state index in [9.17, 15) is 4.79 Å². The summed E-state index contributed by atoms with van der Waals surface area (Å²) in [4.78, 5) is 12.1. The number of rotatable bonds is 1. The van der Waals surface area contributed by atoms with Gasteiger partial charge in [0.05, 0.1) is 0 Å². The topological polar surface area (TPSA) is 17.1 Å². The van der Waals surface area contributed by atoms with E-state index in [1.165, 1.54) is 57.8 Å². The first-order valence-corrected chi connectivity index (χ1v) is 9.30. The van der Waals surface area contributed by atoms with E-state index in [0.717, 1.165) is 23.7 Å². The van der Waals surface area contributed by atoms with Gasteiger partial charge >= 0.3 is 0 Å². The summed E-state index contributed by atoms with van der Waals surface area (Å²) in [5, 5.41) is 0.